The Balaban J connectivity index is 1.62. The predicted molar refractivity (Wildman–Crippen MR) is 122 cm³/mol. The normalized spacial score (nSPS) is 16.3. The number of hydrogen-bond donors (Lipinski definition) is 1. The zero-order valence-corrected chi connectivity index (χ0v) is 18.0. The third kappa shape index (κ3) is 3.66. The van der Waals surface area contributed by atoms with Crippen LogP contribution in [0.25, 0.3) is 27.1 Å². The van der Waals surface area contributed by atoms with Gasteiger partial charge in [-0.2, -0.15) is 5.26 Å². The molecular weight excluding hydrogens is 425 g/mol. The summed E-state index contributed by atoms with van der Waals surface area (Å²) in [5.74, 6) is -0.638. The summed E-state index contributed by atoms with van der Waals surface area (Å²) in [4.78, 5) is 20.7. The number of nitriles is 1. The maximum Gasteiger partial charge on any atom is 0.264 e. The number of carbonyl (C=O) groups is 1. The summed E-state index contributed by atoms with van der Waals surface area (Å²) >= 11 is 1.39. The van der Waals surface area contributed by atoms with E-state index in [0.29, 0.717) is 23.5 Å². The minimum Gasteiger partial charge on any atom is -0.336 e. The Bertz CT molecular complexity index is 1370. The van der Waals surface area contributed by atoms with E-state index in [4.69, 9.17) is 11.0 Å². The highest BCUT2D eigenvalue weighted by Gasteiger charge is 2.25. The molecule has 8 heteroatoms. The van der Waals surface area contributed by atoms with Gasteiger partial charge in [0.2, 0.25) is 0 Å². The molecule has 0 spiro atoms. The molecule has 1 atom stereocenters. The van der Waals surface area contributed by atoms with Gasteiger partial charge in [0.1, 0.15) is 11.9 Å². The van der Waals surface area contributed by atoms with Gasteiger partial charge in [0, 0.05) is 35.8 Å². The summed E-state index contributed by atoms with van der Waals surface area (Å²) < 4.78 is 16.3. The zero-order chi connectivity index (χ0) is 22.2. The number of carbonyl (C=O) groups excluding carboxylic acids is 1. The first-order valence-corrected chi connectivity index (χ1v) is 11.2. The fourth-order valence-corrected chi connectivity index (χ4v) is 5.25. The largest absolute Gasteiger partial charge is 0.336 e. The van der Waals surface area contributed by atoms with Gasteiger partial charge in [-0.3, -0.25) is 4.79 Å². The number of halogens is 1. The Morgan fingerprint density at radius 1 is 1.25 bits per heavy atom. The van der Waals surface area contributed by atoms with Gasteiger partial charge in [0.15, 0.2) is 0 Å². The molecule has 0 aliphatic carbocycles. The van der Waals surface area contributed by atoms with Crippen LogP contribution in [0, 0.1) is 17.1 Å². The molecule has 32 heavy (non-hydrogen) atoms. The van der Waals surface area contributed by atoms with Gasteiger partial charge in [-0.25, -0.2) is 9.37 Å². The number of piperidine rings is 1. The van der Waals surface area contributed by atoms with Crippen LogP contribution in [0.3, 0.4) is 0 Å². The van der Waals surface area contributed by atoms with E-state index in [9.17, 15) is 9.18 Å². The molecule has 1 saturated heterocycles. The van der Waals surface area contributed by atoms with Crippen LogP contribution in [-0.4, -0.2) is 39.3 Å². The molecule has 1 fully saturated rings. The van der Waals surface area contributed by atoms with Crippen LogP contribution in [0.2, 0.25) is 0 Å². The number of thiophene rings is 1. The lowest BCUT2D eigenvalue weighted by Gasteiger charge is -2.30. The third-order valence-corrected chi connectivity index (χ3v) is 6.94. The number of amides is 1. The predicted octanol–water partition coefficient (Wildman–Crippen LogP) is 4.30. The summed E-state index contributed by atoms with van der Waals surface area (Å²) in [6.07, 6.45) is 7.20. The molecule has 6 nitrogen and oxygen atoms in total. The number of imidazole rings is 1. The smallest absolute Gasteiger partial charge is 0.264 e. The number of nitrogens with zero attached hydrogens (tertiary/aromatic N) is 4. The highest BCUT2D eigenvalue weighted by atomic mass is 32.1. The highest BCUT2D eigenvalue weighted by Crippen LogP contribution is 2.40. The first kappa shape index (κ1) is 20.4. The molecule has 1 amide bonds. The van der Waals surface area contributed by atoms with E-state index >= 15 is 0 Å². The molecule has 1 aromatic carbocycles. The van der Waals surface area contributed by atoms with Crippen molar-refractivity contribution in [2.45, 2.75) is 18.9 Å². The maximum atomic E-state index is 14.4. The van der Waals surface area contributed by atoms with E-state index < -0.39 is 5.82 Å². The molecule has 1 aliphatic heterocycles. The fourth-order valence-electron chi connectivity index (χ4n) is 4.11. The average Bonchev–Trinajstić information content (AvgIpc) is 3.45. The SMILES string of the molecule is N#Cc1ccc(-c2cc(C(=O)N3CCCC(N)C3)sc2-c2ccn3cncc3c2)cc1F. The molecule has 2 N–H and O–H groups in total. The van der Waals surface area contributed by atoms with Gasteiger partial charge in [0.05, 0.1) is 28.5 Å². The van der Waals surface area contributed by atoms with E-state index in [1.54, 1.807) is 23.5 Å². The first-order chi connectivity index (χ1) is 15.5. The Labute approximate surface area is 188 Å². The maximum absolute atomic E-state index is 14.4. The van der Waals surface area contributed by atoms with E-state index in [0.717, 1.165) is 34.4 Å². The van der Waals surface area contributed by atoms with Crippen molar-refractivity contribution in [3.05, 3.63) is 71.4 Å². The molecule has 1 aliphatic rings. The van der Waals surface area contributed by atoms with Crippen LogP contribution >= 0.6 is 11.3 Å². The molecule has 0 radical (unpaired) electrons. The van der Waals surface area contributed by atoms with Gasteiger partial charge in [0.25, 0.3) is 5.91 Å². The topological polar surface area (TPSA) is 87.4 Å². The summed E-state index contributed by atoms with van der Waals surface area (Å²) in [6, 6.07) is 12.2. The molecule has 3 aromatic heterocycles. The monoisotopic (exact) mass is 445 g/mol. The Morgan fingerprint density at radius 3 is 2.91 bits per heavy atom. The summed E-state index contributed by atoms with van der Waals surface area (Å²) in [6.45, 7) is 1.22. The molecule has 4 aromatic rings. The van der Waals surface area contributed by atoms with Gasteiger partial charge in [-0.15, -0.1) is 11.3 Å². The standard InChI is InChI=1S/C24H20FN5OS/c25-21-9-15(3-4-17(21)11-26)20-10-22(24(31)29-6-1-2-18(27)13-29)32-23(20)16-5-7-30-14-28-12-19(30)8-16/h3-5,7-10,12,14,18H,1-2,6,13,27H2. The summed E-state index contributed by atoms with van der Waals surface area (Å²) in [5, 5.41) is 9.08. The van der Waals surface area contributed by atoms with Gasteiger partial charge < -0.3 is 15.0 Å². The van der Waals surface area contributed by atoms with Crippen molar-refractivity contribution in [1.82, 2.24) is 14.3 Å². The van der Waals surface area contributed by atoms with Crippen molar-refractivity contribution in [1.29, 1.82) is 5.26 Å². The number of rotatable bonds is 3. The lowest BCUT2D eigenvalue weighted by molar-refractivity contribution is 0.0714. The van der Waals surface area contributed by atoms with Crippen molar-refractivity contribution < 1.29 is 9.18 Å². The van der Waals surface area contributed by atoms with E-state index in [2.05, 4.69) is 4.98 Å². The van der Waals surface area contributed by atoms with E-state index in [1.807, 2.05) is 34.9 Å². The number of aromatic nitrogens is 2. The molecular formula is C24H20FN5OS. The van der Waals surface area contributed by atoms with Gasteiger partial charge in [-0.05, 0) is 54.3 Å². The molecule has 160 valence electrons. The van der Waals surface area contributed by atoms with Gasteiger partial charge in [-0.1, -0.05) is 6.07 Å². The number of nitrogens with two attached hydrogens (primary N) is 1. The van der Waals surface area contributed by atoms with Crippen molar-refractivity contribution >= 4 is 22.8 Å². The number of fused-ring (bicyclic) bond motifs is 1. The highest BCUT2D eigenvalue weighted by molar-refractivity contribution is 7.18. The van der Waals surface area contributed by atoms with Crippen LogP contribution in [0.1, 0.15) is 28.1 Å². The van der Waals surface area contributed by atoms with Gasteiger partial charge >= 0.3 is 0 Å². The summed E-state index contributed by atoms with van der Waals surface area (Å²) in [7, 11) is 0. The molecule has 0 saturated carbocycles. The summed E-state index contributed by atoms with van der Waals surface area (Å²) in [5.41, 5.74) is 9.28. The fraction of sp³-hybridized carbons (Fsp3) is 0.208. The van der Waals surface area contributed by atoms with E-state index in [-0.39, 0.29) is 17.5 Å². The van der Waals surface area contributed by atoms with Crippen molar-refractivity contribution in [2.75, 3.05) is 13.1 Å². The molecule has 5 rings (SSSR count). The van der Waals surface area contributed by atoms with Crippen molar-refractivity contribution in [3.8, 4) is 27.6 Å². The van der Waals surface area contributed by atoms with Crippen molar-refractivity contribution in [3.63, 3.8) is 0 Å². The van der Waals surface area contributed by atoms with Crippen LogP contribution in [0.15, 0.2) is 55.1 Å². The Morgan fingerprint density at radius 2 is 2.12 bits per heavy atom. The van der Waals surface area contributed by atoms with E-state index in [1.165, 1.54) is 23.5 Å². The number of likely N-dealkylation sites (tertiary alicyclic amines) is 1. The number of benzene rings is 1. The third-order valence-electron chi connectivity index (χ3n) is 5.76. The Kier molecular flexibility index (Phi) is 5.21. The van der Waals surface area contributed by atoms with Crippen LogP contribution in [-0.2, 0) is 0 Å². The van der Waals surface area contributed by atoms with Crippen LogP contribution in [0.4, 0.5) is 4.39 Å². The second kappa shape index (κ2) is 8.19. The lowest BCUT2D eigenvalue weighted by Crippen LogP contribution is -2.45. The number of hydrogen-bond acceptors (Lipinski definition) is 5. The minimum atomic E-state index is -0.580. The van der Waals surface area contributed by atoms with Crippen molar-refractivity contribution in [2.24, 2.45) is 5.73 Å². The lowest BCUT2D eigenvalue weighted by atomic mass is 10.0. The second-order valence-corrected chi connectivity index (χ2v) is 9.01. The average molecular weight is 446 g/mol. The minimum absolute atomic E-state index is 0.00943. The zero-order valence-electron chi connectivity index (χ0n) is 17.2. The molecule has 0 bridgehead atoms. The first-order valence-electron chi connectivity index (χ1n) is 10.3. The number of pyridine rings is 1. The molecule has 1 unspecified atom stereocenters. The Hall–Kier alpha value is -3.54. The van der Waals surface area contributed by atoms with Crippen LogP contribution in [0.5, 0.6) is 0 Å². The van der Waals surface area contributed by atoms with Crippen LogP contribution < -0.4 is 5.73 Å². The second-order valence-electron chi connectivity index (χ2n) is 7.95. The quantitative estimate of drug-likeness (QED) is 0.509. The molecule has 4 heterocycles.